The summed E-state index contributed by atoms with van der Waals surface area (Å²) in [7, 11) is 2.90. The number of likely N-dealkylation sites (N-methyl/N-ethyl adjacent to an activating group) is 1. The number of rotatable bonds is 9. The number of methoxy groups -OCH3 is 1. The molecule has 0 aliphatic rings. The van der Waals surface area contributed by atoms with Crippen LogP contribution >= 0.6 is 0 Å². The van der Waals surface area contributed by atoms with E-state index in [9.17, 15) is 27.6 Å². The number of alkyl halides is 3. The fourth-order valence-corrected chi connectivity index (χ4v) is 2.71. The number of nitrogen functional groups attached to an aromatic ring is 1. The first kappa shape index (κ1) is 22.4. The number of ketones is 1. The molecule has 0 aliphatic heterocycles. The second-order valence-electron chi connectivity index (χ2n) is 6.35. The van der Waals surface area contributed by atoms with Crippen LogP contribution < -0.4 is 17.0 Å². The van der Waals surface area contributed by atoms with Crippen molar-refractivity contribution in [3.8, 4) is 0 Å². The van der Waals surface area contributed by atoms with E-state index >= 15 is 0 Å². The Labute approximate surface area is 162 Å². The predicted molar refractivity (Wildman–Crippen MR) is 96.6 cm³/mol. The van der Waals surface area contributed by atoms with E-state index in [1.165, 1.54) is 31.5 Å². The lowest BCUT2D eigenvalue weighted by Crippen LogP contribution is -2.39. The number of aromatic amines is 1. The Morgan fingerprint density at radius 3 is 2.69 bits per heavy atom. The highest BCUT2D eigenvalue weighted by molar-refractivity contribution is 6.01. The molecular formula is C16H21F3N6O4. The minimum atomic E-state index is -4.42. The maximum atomic E-state index is 12.6. The van der Waals surface area contributed by atoms with Gasteiger partial charge in [0.15, 0.2) is 5.78 Å². The number of carbonyl (C=O) groups excluding carboxylic acids is 1. The predicted octanol–water partition coefficient (Wildman–Crippen LogP) is -0.161. The fourth-order valence-electron chi connectivity index (χ4n) is 2.71. The summed E-state index contributed by atoms with van der Waals surface area (Å²) < 4.78 is 44.6. The van der Waals surface area contributed by atoms with Crippen LogP contribution in [0.1, 0.15) is 16.2 Å². The molecule has 3 N–H and O–H groups in total. The van der Waals surface area contributed by atoms with E-state index in [4.69, 9.17) is 10.5 Å². The smallest absolute Gasteiger partial charge is 0.384 e. The fraction of sp³-hybridized carbons (Fsp3) is 0.500. The Kier molecular flexibility index (Phi) is 6.97. The van der Waals surface area contributed by atoms with Gasteiger partial charge in [0.05, 0.1) is 26.2 Å². The van der Waals surface area contributed by atoms with Crippen LogP contribution in [0.15, 0.2) is 22.0 Å². The number of Topliss-reactive ketones (excluding diaryl/α,β-unsaturated/α-hetero) is 1. The number of anilines is 1. The summed E-state index contributed by atoms with van der Waals surface area (Å²) in [6, 6.07) is 0. The van der Waals surface area contributed by atoms with E-state index in [1.54, 1.807) is 0 Å². The Morgan fingerprint density at radius 2 is 2.07 bits per heavy atom. The number of carbonyl (C=O) groups is 1. The first-order valence-corrected chi connectivity index (χ1v) is 8.43. The normalized spacial score (nSPS) is 11.9. The van der Waals surface area contributed by atoms with Crippen molar-refractivity contribution in [1.29, 1.82) is 0 Å². The number of imidazole rings is 1. The third-order valence-electron chi connectivity index (χ3n) is 4.01. The van der Waals surface area contributed by atoms with E-state index in [1.807, 2.05) is 4.98 Å². The van der Waals surface area contributed by atoms with E-state index < -0.39 is 35.3 Å². The first-order chi connectivity index (χ1) is 13.5. The number of hydrogen-bond donors (Lipinski definition) is 2. The number of nitrogens with zero attached hydrogens (tertiary/aromatic N) is 4. The molecule has 160 valence electrons. The van der Waals surface area contributed by atoms with Crippen LogP contribution in [-0.2, 0) is 24.4 Å². The average molecular weight is 418 g/mol. The molecule has 0 spiro atoms. The Bertz CT molecular complexity index is 978. The molecule has 0 saturated carbocycles. The Morgan fingerprint density at radius 1 is 1.38 bits per heavy atom. The number of halogens is 3. The summed E-state index contributed by atoms with van der Waals surface area (Å²) in [4.78, 5) is 43.8. The van der Waals surface area contributed by atoms with Crippen molar-refractivity contribution < 1.29 is 22.7 Å². The van der Waals surface area contributed by atoms with Gasteiger partial charge in [-0.25, -0.2) is 9.78 Å². The van der Waals surface area contributed by atoms with Crippen molar-refractivity contribution in [3.63, 3.8) is 0 Å². The zero-order valence-corrected chi connectivity index (χ0v) is 15.8. The van der Waals surface area contributed by atoms with Crippen molar-refractivity contribution in [2.45, 2.75) is 25.8 Å². The molecule has 0 amide bonds. The summed E-state index contributed by atoms with van der Waals surface area (Å²) in [6.07, 6.45) is -2.00. The molecule has 29 heavy (non-hydrogen) atoms. The van der Waals surface area contributed by atoms with Gasteiger partial charge in [0, 0.05) is 19.5 Å². The van der Waals surface area contributed by atoms with E-state index in [0.29, 0.717) is 0 Å². The highest BCUT2D eigenvalue weighted by Gasteiger charge is 2.29. The van der Waals surface area contributed by atoms with Crippen molar-refractivity contribution in [3.05, 3.63) is 44.6 Å². The van der Waals surface area contributed by atoms with Crippen LogP contribution in [0.5, 0.6) is 0 Å². The number of H-pyrrole nitrogens is 1. The van der Waals surface area contributed by atoms with Crippen molar-refractivity contribution in [2.24, 2.45) is 0 Å². The molecule has 0 bridgehead atoms. The summed E-state index contributed by atoms with van der Waals surface area (Å²) in [5.74, 6) is -0.885. The molecule has 2 heterocycles. The molecule has 2 aromatic heterocycles. The molecule has 10 nitrogen and oxygen atoms in total. The van der Waals surface area contributed by atoms with Gasteiger partial charge in [-0.2, -0.15) is 13.2 Å². The van der Waals surface area contributed by atoms with Crippen molar-refractivity contribution >= 4 is 11.6 Å². The summed E-state index contributed by atoms with van der Waals surface area (Å²) in [5.41, 5.74) is 3.73. The molecule has 2 rings (SSSR count). The Balaban J connectivity index is 2.18. The highest BCUT2D eigenvalue weighted by Crippen LogP contribution is 2.18. The lowest BCUT2D eigenvalue weighted by molar-refractivity contribution is -0.141. The molecule has 0 aliphatic carbocycles. The van der Waals surface area contributed by atoms with Gasteiger partial charge in [-0.15, -0.1) is 0 Å². The molecule has 2 aromatic rings. The molecule has 0 atom stereocenters. The number of aromatic nitrogens is 4. The maximum absolute atomic E-state index is 12.6. The van der Waals surface area contributed by atoms with Gasteiger partial charge in [-0.1, -0.05) is 0 Å². The monoisotopic (exact) mass is 418 g/mol. The number of hydrogen-bond acceptors (Lipinski definition) is 7. The van der Waals surface area contributed by atoms with Crippen LogP contribution in [0.25, 0.3) is 0 Å². The molecular weight excluding hydrogens is 397 g/mol. The zero-order valence-electron chi connectivity index (χ0n) is 15.8. The molecule has 0 radical (unpaired) electrons. The summed E-state index contributed by atoms with van der Waals surface area (Å²) in [5, 5.41) is 0. The molecule has 0 saturated heterocycles. The van der Waals surface area contributed by atoms with Crippen LogP contribution in [0, 0.1) is 0 Å². The minimum Gasteiger partial charge on any atom is -0.384 e. The maximum Gasteiger partial charge on any atom is 0.406 e. The zero-order chi connectivity index (χ0) is 21.8. The van der Waals surface area contributed by atoms with Crippen molar-refractivity contribution in [2.75, 3.05) is 33.0 Å². The largest absolute Gasteiger partial charge is 0.406 e. The lowest BCUT2D eigenvalue weighted by Gasteiger charge is -2.18. The van der Waals surface area contributed by atoms with Gasteiger partial charge < -0.3 is 15.0 Å². The van der Waals surface area contributed by atoms with Gasteiger partial charge in [-0.3, -0.25) is 24.0 Å². The van der Waals surface area contributed by atoms with Gasteiger partial charge in [0.1, 0.15) is 23.8 Å². The first-order valence-electron chi connectivity index (χ1n) is 8.43. The van der Waals surface area contributed by atoms with Crippen LogP contribution in [0.3, 0.4) is 0 Å². The molecule has 0 unspecified atom stereocenters. The number of nitrogens with two attached hydrogens (primary N) is 1. The third kappa shape index (κ3) is 5.77. The van der Waals surface area contributed by atoms with Crippen LogP contribution in [0.2, 0.25) is 0 Å². The van der Waals surface area contributed by atoms with Gasteiger partial charge in [0.2, 0.25) is 0 Å². The van der Waals surface area contributed by atoms with E-state index in [2.05, 4.69) is 4.98 Å². The summed E-state index contributed by atoms with van der Waals surface area (Å²) in [6.45, 7) is -1.44. The SMILES string of the molecule is COCCn1c(N)c(C(=O)CN(C)Cc2nccn2CC(F)(F)F)c(=O)[nH]c1=O. The molecule has 13 heteroatoms. The Hall–Kier alpha value is -2.93. The molecule has 0 aromatic carbocycles. The van der Waals surface area contributed by atoms with Crippen LogP contribution in [-0.4, -0.2) is 63.3 Å². The van der Waals surface area contributed by atoms with Crippen LogP contribution in [0.4, 0.5) is 19.0 Å². The highest BCUT2D eigenvalue weighted by atomic mass is 19.4. The second kappa shape index (κ2) is 9.05. The van der Waals surface area contributed by atoms with E-state index in [0.717, 1.165) is 9.13 Å². The van der Waals surface area contributed by atoms with Gasteiger partial charge in [0.25, 0.3) is 5.56 Å². The second-order valence-corrected chi connectivity index (χ2v) is 6.35. The average Bonchev–Trinajstić information content (AvgIpc) is 2.98. The van der Waals surface area contributed by atoms with Crippen molar-refractivity contribution in [1.82, 2.24) is 24.0 Å². The standard InChI is InChI=1S/C16H21F3N6O4/c1-23(8-11-21-3-4-24(11)9-16(17,18)19)7-10(26)12-13(20)25(5-6-29-2)15(28)22-14(12)27/h3-4H,5-9,20H2,1-2H3,(H,22,27,28). The van der Waals surface area contributed by atoms with Gasteiger partial charge >= 0.3 is 11.9 Å². The third-order valence-corrected chi connectivity index (χ3v) is 4.01. The topological polar surface area (TPSA) is 128 Å². The summed E-state index contributed by atoms with van der Waals surface area (Å²) >= 11 is 0. The molecule has 0 fully saturated rings. The number of ether oxygens (including phenoxy) is 1. The quantitative estimate of drug-likeness (QED) is 0.542. The minimum absolute atomic E-state index is 0.0307. The van der Waals surface area contributed by atoms with Gasteiger partial charge in [-0.05, 0) is 7.05 Å². The lowest BCUT2D eigenvalue weighted by atomic mass is 10.2. The number of nitrogens with one attached hydrogen (secondary N) is 1. The van der Waals surface area contributed by atoms with E-state index in [-0.39, 0.29) is 37.9 Å².